The summed E-state index contributed by atoms with van der Waals surface area (Å²) in [6.45, 7) is 6.48. The van der Waals surface area contributed by atoms with Crippen LogP contribution in [-0.2, 0) is 11.0 Å². The molecule has 0 saturated carbocycles. The number of ether oxygens (including phenoxy) is 1. The van der Waals surface area contributed by atoms with Crippen molar-refractivity contribution in [2.24, 2.45) is 5.41 Å². The average Bonchev–Trinajstić information content (AvgIpc) is 2.28. The van der Waals surface area contributed by atoms with Crippen LogP contribution < -0.4 is 4.74 Å². The maximum atomic E-state index is 12.6. The zero-order valence-corrected chi connectivity index (χ0v) is 14.2. The summed E-state index contributed by atoms with van der Waals surface area (Å²) in [6, 6.07) is 2.96. The van der Waals surface area contributed by atoms with Gasteiger partial charge in [-0.15, -0.1) is 0 Å². The first kappa shape index (κ1) is 18.1. The smallest absolute Gasteiger partial charge is 0.416 e. The number of carbonyl (C=O) groups is 1. The van der Waals surface area contributed by atoms with Crippen LogP contribution >= 0.6 is 22.6 Å². The Balaban J connectivity index is 3.22. The van der Waals surface area contributed by atoms with Crippen molar-refractivity contribution in [3.8, 4) is 5.75 Å². The summed E-state index contributed by atoms with van der Waals surface area (Å²) in [6.07, 6.45) is -4.45. The Morgan fingerprint density at radius 2 is 1.71 bits per heavy atom. The van der Waals surface area contributed by atoms with Gasteiger partial charge >= 0.3 is 12.1 Å². The van der Waals surface area contributed by atoms with Crippen LogP contribution in [0, 0.1) is 8.99 Å². The number of hydrogen-bond donors (Lipinski definition) is 1. The van der Waals surface area contributed by atoms with Gasteiger partial charge in [0.15, 0.2) is 0 Å². The number of aliphatic carboxylic acids is 1. The Labute approximate surface area is 134 Å². The Hall–Kier alpha value is -0.990. The molecule has 1 aromatic carbocycles. The van der Waals surface area contributed by atoms with Gasteiger partial charge < -0.3 is 9.84 Å². The molecular weight excluding hydrogens is 400 g/mol. The van der Waals surface area contributed by atoms with E-state index >= 15 is 0 Å². The number of alkyl halides is 3. The fraction of sp³-hybridized carbons (Fsp3) is 0.500. The van der Waals surface area contributed by atoms with Gasteiger partial charge in [0.05, 0.1) is 9.13 Å². The molecule has 1 rings (SSSR count). The fourth-order valence-corrected chi connectivity index (χ4v) is 2.12. The first-order valence-electron chi connectivity index (χ1n) is 6.08. The molecule has 0 aliphatic rings. The van der Waals surface area contributed by atoms with Crippen molar-refractivity contribution in [3.05, 3.63) is 27.3 Å². The van der Waals surface area contributed by atoms with Crippen molar-refractivity contribution in [1.82, 2.24) is 0 Å². The number of halogens is 4. The van der Waals surface area contributed by atoms with E-state index in [-0.39, 0.29) is 9.32 Å². The molecular formula is C14H16F3IO3. The lowest BCUT2D eigenvalue weighted by Crippen LogP contribution is -2.52. The highest BCUT2D eigenvalue weighted by molar-refractivity contribution is 14.1. The largest absolute Gasteiger partial charge is 0.478 e. The highest BCUT2D eigenvalue weighted by Crippen LogP contribution is 2.38. The molecule has 0 unspecified atom stereocenters. The molecule has 1 N–H and O–H groups in total. The predicted octanol–water partition coefficient (Wildman–Crippen LogP) is 4.58. The van der Waals surface area contributed by atoms with Gasteiger partial charge in [0, 0.05) is 5.41 Å². The number of benzene rings is 1. The maximum Gasteiger partial charge on any atom is 0.416 e. The van der Waals surface area contributed by atoms with Gasteiger partial charge in [-0.2, -0.15) is 13.2 Å². The second-order valence-corrected chi connectivity index (χ2v) is 7.00. The summed E-state index contributed by atoms with van der Waals surface area (Å²) in [4.78, 5) is 11.5. The standard InChI is InChI=1S/C14H16F3IO3/c1-12(2,3)13(4,11(19)20)21-10-6-5-8(7-9(10)18)14(15,16)17/h5-7H,1-4H3,(H,19,20)/t13-/m1/s1. The summed E-state index contributed by atoms with van der Waals surface area (Å²) in [5, 5.41) is 9.40. The number of rotatable bonds is 3. The molecule has 1 aromatic rings. The van der Waals surface area contributed by atoms with Gasteiger partial charge in [0.1, 0.15) is 5.75 Å². The molecule has 3 nitrogen and oxygen atoms in total. The fourth-order valence-electron chi connectivity index (χ4n) is 1.50. The summed E-state index contributed by atoms with van der Waals surface area (Å²) in [5.41, 5.74) is -3.11. The topological polar surface area (TPSA) is 46.5 Å². The summed E-state index contributed by atoms with van der Waals surface area (Å²) in [5.74, 6) is -1.06. The van der Waals surface area contributed by atoms with Gasteiger partial charge in [-0.1, -0.05) is 20.8 Å². The van der Waals surface area contributed by atoms with E-state index in [1.54, 1.807) is 43.4 Å². The quantitative estimate of drug-likeness (QED) is 0.735. The Morgan fingerprint density at radius 1 is 1.19 bits per heavy atom. The molecule has 0 heterocycles. The van der Waals surface area contributed by atoms with Crippen molar-refractivity contribution in [2.75, 3.05) is 0 Å². The molecule has 0 spiro atoms. The van der Waals surface area contributed by atoms with E-state index in [1.165, 1.54) is 6.92 Å². The first-order valence-corrected chi connectivity index (χ1v) is 7.16. The van der Waals surface area contributed by atoms with Crippen LogP contribution in [0.3, 0.4) is 0 Å². The molecule has 0 radical (unpaired) electrons. The second-order valence-electron chi connectivity index (χ2n) is 5.83. The third kappa shape index (κ3) is 3.81. The average molecular weight is 416 g/mol. The maximum absolute atomic E-state index is 12.6. The zero-order valence-electron chi connectivity index (χ0n) is 12.0. The summed E-state index contributed by atoms with van der Waals surface area (Å²) in [7, 11) is 0. The zero-order chi connectivity index (χ0) is 16.6. The molecule has 0 bridgehead atoms. The Kier molecular flexibility index (Phi) is 4.87. The molecule has 7 heteroatoms. The highest BCUT2D eigenvalue weighted by Gasteiger charge is 2.47. The highest BCUT2D eigenvalue weighted by atomic mass is 127. The minimum absolute atomic E-state index is 0.114. The van der Waals surface area contributed by atoms with E-state index in [9.17, 15) is 23.1 Å². The van der Waals surface area contributed by atoms with Crippen molar-refractivity contribution in [3.63, 3.8) is 0 Å². The predicted molar refractivity (Wildman–Crippen MR) is 80.3 cm³/mol. The Bertz CT molecular complexity index is 549. The van der Waals surface area contributed by atoms with Crippen molar-refractivity contribution in [1.29, 1.82) is 0 Å². The number of carboxylic acids is 1. The van der Waals surface area contributed by atoms with Crippen LogP contribution in [-0.4, -0.2) is 16.7 Å². The molecule has 0 saturated heterocycles. The third-order valence-corrected chi connectivity index (χ3v) is 4.26. The van der Waals surface area contributed by atoms with Gasteiger partial charge in [-0.25, -0.2) is 4.79 Å². The van der Waals surface area contributed by atoms with E-state index in [0.29, 0.717) is 0 Å². The van der Waals surface area contributed by atoms with E-state index in [0.717, 1.165) is 18.2 Å². The first-order chi connectivity index (χ1) is 9.29. The van der Waals surface area contributed by atoms with E-state index in [1.807, 2.05) is 0 Å². The van der Waals surface area contributed by atoms with Crippen LogP contribution in [0.15, 0.2) is 18.2 Å². The molecule has 118 valence electrons. The molecule has 0 aliphatic heterocycles. The van der Waals surface area contributed by atoms with Crippen molar-refractivity contribution < 1.29 is 27.8 Å². The molecule has 21 heavy (non-hydrogen) atoms. The van der Waals surface area contributed by atoms with Gasteiger partial charge in [0.2, 0.25) is 5.60 Å². The molecule has 0 amide bonds. The second kappa shape index (κ2) is 5.66. The minimum Gasteiger partial charge on any atom is -0.478 e. The van der Waals surface area contributed by atoms with Crippen LogP contribution in [0.25, 0.3) is 0 Å². The van der Waals surface area contributed by atoms with Crippen molar-refractivity contribution in [2.45, 2.75) is 39.5 Å². The Morgan fingerprint density at radius 3 is 2.05 bits per heavy atom. The minimum atomic E-state index is -4.45. The van der Waals surface area contributed by atoms with Crippen LogP contribution in [0.4, 0.5) is 13.2 Å². The van der Waals surface area contributed by atoms with E-state index in [4.69, 9.17) is 4.74 Å². The van der Waals surface area contributed by atoms with Crippen LogP contribution in [0.2, 0.25) is 0 Å². The summed E-state index contributed by atoms with van der Waals surface area (Å²) >= 11 is 1.70. The van der Waals surface area contributed by atoms with Crippen LogP contribution in [0.1, 0.15) is 33.3 Å². The molecule has 0 aliphatic carbocycles. The lowest BCUT2D eigenvalue weighted by atomic mass is 9.77. The third-order valence-electron chi connectivity index (χ3n) is 3.41. The molecule has 0 fully saturated rings. The molecule has 1 atom stereocenters. The number of hydrogen-bond acceptors (Lipinski definition) is 2. The van der Waals surface area contributed by atoms with Gasteiger partial charge in [-0.05, 0) is 47.7 Å². The SMILES string of the molecule is CC(C)(C)[C@](C)(Oc1ccc(C(F)(F)F)cc1I)C(=O)O. The van der Waals surface area contributed by atoms with Crippen LogP contribution in [0.5, 0.6) is 5.75 Å². The lowest BCUT2D eigenvalue weighted by Gasteiger charge is -2.38. The monoisotopic (exact) mass is 416 g/mol. The number of carboxylic acid groups (broad SMARTS) is 1. The van der Waals surface area contributed by atoms with Crippen molar-refractivity contribution >= 4 is 28.6 Å². The van der Waals surface area contributed by atoms with E-state index < -0.39 is 28.7 Å². The van der Waals surface area contributed by atoms with E-state index in [2.05, 4.69) is 0 Å². The lowest BCUT2D eigenvalue weighted by molar-refractivity contribution is -0.163. The van der Waals surface area contributed by atoms with Gasteiger partial charge in [-0.3, -0.25) is 0 Å². The normalized spacial score (nSPS) is 15.4. The molecule has 0 aromatic heterocycles. The van der Waals surface area contributed by atoms with Gasteiger partial charge in [0.25, 0.3) is 0 Å². The summed E-state index contributed by atoms with van der Waals surface area (Å²) < 4.78 is 43.6.